The molecule has 0 fully saturated rings. The van der Waals surface area contributed by atoms with Crippen molar-refractivity contribution >= 4 is 21.2 Å². The molecule has 0 bridgehead atoms. The van der Waals surface area contributed by atoms with E-state index in [1.807, 2.05) is 0 Å². The lowest BCUT2D eigenvalue weighted by molar-refractivity contribution is -0.387. The summed E-state index contributed by atoms with van der Waals surface area (Å²) in [6, 6.07) is 3.82. The van der Waals surface area contributed by atoms with Crippen LogP contribution in [0.5, 0.6) is 0 Å². The lowest BCUT2D eigenvalue weighted by Crippen LogP contribution is -2.10. The molecule has 0 aliphatic carbocycles. The highest BCUT2D eigenvalue weighted by Crippen LogP contribution is 2.26. The van der Waals surface area contributed by atoms with Gasteiger partial charge >= 0.3 is 0 Å². The SMILES string of the molecule is CC(O)CCNc1ccc([N+](=O)[O-])c(S(C)(=O)=O)c1. The molecule has 1 unspecified atom stereocenters. The monoisotopic (exact) mass is 288 g/mol. The first kappa shape index (κ1) is 15.4. The summed E-state index contributed by atoms with van der Waals surface area (Å²) < 4.78 is 23.0. The molecule has 0 aromatic heterocycles. The molecule has 0 aliphatic rings. The van der Waals surface area contributed by atoms with E-state index in [2.05, 4.69) is 5.32 Å². The number of anilines is 1. The molecule has 7 nitrogen and oxygen atoms in total. The summed E-state index contributed by atoms with van der Waals surface area (Å²) in [5.74, 6) is 0. The quantitative estimate of drug-likeness (QED) is 0.601. The van der Waals surface area contributed by atoms with Crippen LogP contribution in [0, 0.1) is 10.1 Å². The van der Waals surface area contributed by atoms with Gasteiger partial charge in [0.15, 0.2) is 9.84 Å². The lowest BCUT2D eigenvalue weighted by atomic mass is 10.2. The van der Waals surface area contributed by atoms with Crippen molar-refractivity contribution in [3.8, 4) is 0 Å². The van der Waals surface area contributed by atoms with Crippen molar-refractivity contribution in [3.63, 3.8) is 0 Å². The van der Waals surface area contributed by atoms with Crippen molar-refractivity contribution in [2.75, 3.05) is 18.1 Å². The fourth-order valence-electron chi connectivity index (χ4n) is 1.50. The van der Waals surface area contributed by atoms with Crippen LogP contribution in [0.3, 0.4) is 0 Å². The van der Waals surface area contributed by atoms with E-state index in [0.717, 1.165) is 12.3 Å². The largest absolute Gasteiger partial charge is 0.393 e. The molecule has 0 saturated carbocycles. The Morgan fingerprint density at radius 3 is 2.58 bits per heavy atom. The first-order chi connectivity index (χ1) is 8.71. The normalized spacial score (nSPS) is 13.0. The predicted molar refractivity (Wildman–Crippen MR) is 71.0 cm³/mol. The highest BCUT2D eigenvalue weighted by Gasteiger charge is 2.22. The van der Waals surface area contributed by atoms with Crippen molar-refractivity contribution < 1.29 is 18.4 Å². The molecule has 1 aromatic carbocycles. The Kier molecular flexibility index (Phi) is 4.84. The van der Waals surface area contributed by atoms with Gasteiger partial charge in [0, 0.05) is 24.6 Å². The van der Waals surface area contributed by atoms with Gasteiger partial charge in [-0.25, -0.2) is 8.42 Å². The average molecular weight is 288 g/mol. The Hall–Kier alpha value is -1.67. The van der Waals surface area contributed by atoms with Gasteiger partial charge in [-0.2, -0.15) is 0 Å². The number of aliphatic hydroxyl groups excluding tert-OH is 1. The summed E-state index contributed by atoms with van der Waals surface area (Å²) >= 11 is 0. The third-order valence-corrected chi connectivity index (χ3v) is 3.57. The van der Waals surface area contributed by atoms with Gasteiger partial charge < -0.3 is 10.4 Å². The number of rotatable bonds is 6. The molecular weight excluding hydrogens is 272 g/mol. The third-order valence-electron chi connectivity index (χ3n) is 2.45. The number of aliphatic hydroxyl groups is 1. The minimum absolute atomic E-state index is 0.320. The molecule has 0 heterocycles. The van der Waals surface area contributed by atoms with Crippen LogP contribution in [-0.2, 0) is 9.84 Å². The van der Waals surface area contributed by atoms with Gasteiger partial charge in [0.05, 0.1) is 11.0 Å². The second-order valence-electron chi connectivity index (χ2n) is 4.28. The van der Waals surface area contributed by atoms with Gasteiger partial charge in [0.2, 0.25) is 0 Å². The topological polar surface area (TPSA) is 110 Å². The van der Waals surface area contributed by atoms with Crippen molar-refractivity contribution in [2.45, 2.75) is 24.3 Å². The van der Waals surface area contributed by atoms with Gasteiger partial charge in [-0.1, -0.05) is 0 Å². The standard InChI is InChI=1S/C11H16N2O5S/c1-8(14)5-6-12-9-3-4-10(13(15)16)11(7-9)19(2,17)18/h3-4,7-8,12,14H,5-6H2,1-2H3. The molecule has 0 spiro atoms. The fraction of sp³-hybridized carbons (Fsp3) is 0.455. The van der Waals surface area contributed by atoms with E-state index in [0.29, 0.717) is 18.7 Å². The molecular formula is C11H16N2O5S. The molecule has 1 atom stereocenters. The van der Waals surface area contributed by atoms with Crippen molar-refractivity contribution in [1.82, 2.24) is 0 Å². The van der Waals surface area contributed by atoms with Crippen molar-refractivity contribution in [3.05, 3.63) is 28.3 Å². The Labute approximate surface area is 111 Å². The average Bonchev–Trinajstić information content (AvgIpc) is 2.27. The van der Waals surface area contributed by atoms with Crippen molar-refractivity contribution in [1.29, 1.82) is 0 Å². The maximum Gasteiger partial charge on any atom is 0.288 e. The Morgan fingerprint density at radius 1 is 1.47 bits per heavy atom. The summed E-state index contributed by atoms with van der Waals surface area (Å²) in [6.45, 7) is 2.08. The zero-order chi connectivity index (χ0) is 14.6. The second kappa shape index (κ2) is 5.98. The maximum absolute atomic E-state index is 11.5. The van der Waals surface area contributed by atoms with E-state index in [4.69, 9.17) is 5.11 Å². The van der Waals surface area contributed by atoms with Crippen LogP contribution >= 0.6 is 0 Å². The Balaban J connectivity index is 3.03. The molecule has 19 heavy (non-hydrogen) atoms. The van der Waals surface area contributed by atoms with Crippen LogP contribution in [0.25, 0.3) is 0 Å². The van der Waals surface area contributed by atoms with Crippen LogP contribution < -0.4 is 5.32 Å². The minimum Gasteiger partial charge on any atom is -0.393 e. The molecule has 2 N–H and O–H groups in total. The highest BCUT2D eigenvalue weighted by molar-refractivity contribution is 7.90. The summed E-state index contributed by atoms with van der Waals surface area (Å²) in [7, 11) is -3.67. The summed E-state index contributed by atoms with van der Waals surface area (Å²) in [6.07, 6.45) is 0.944. The molecule has 1 aromatic rings. The first-order valence-corrected chi connectivity index (χ1v) is 7.51. The summed E-state index contributed by atoms with van der Waals surface area (Å²) in [4.78, 5) is 9.72. The molecule has 106 valence electrons. The van der Waals surface area contributed by atoms with E-state index in [9.17, 15) is 18.5 Å². The number of nitrogens with one attached hydrogen (secondary N) is 1. The maximum atomic E-state index is 11.5. The number of benzene rings is 1. The van der Waals surface area contributed by atoms with Gasteiger partial charge in [-0.15, -0.1) is 0 Å². The molecule has 1 rings (SSSR count). The Morgan fingerprint density at radius 2 is 2.11 bits per heavy atom. The van der Waals surface area contributed by atoms with Crippen molar-refractivity contribution in [2.24, 2.45) is 0 Å². The van der Waals surface area contributed by atoms with E-state index in [-0.39, 0.29) is 4.90 Å². The summed E-state index contributed by atoms with van der Waals surface area (Å²) in [5, 5.41) is 22.8. The number of nitro groups is 1. The van der Waals surface area contributed by atoms with Crippen LogP contribution in [0.15, 0.2) is 23.1 Å². The number of sulfone groups is 1. The number of hydrogen-bond donors (Lipinski definition) is 2. The van der Waals surface area contributed by atoms with E-state index in [1.165, 1.54) is 12.1 Å². The van der Waals surface area contributed by atoms with Crippen LogP contribution in [0.1, 0.15) is 13.3 Å². The first-order valence-electron chi connectivity index (χ1n) is 5.62. The highest BCUT2D eigenvalue weighted by atomic mass is 32.2. The molecule has 0 radical (unpaired) electrons. The number of nitrogens with zero attached hydrogens (tertiary/aromatic N) is 1. The Bertz CT molecular complexity index is 568. The molecule has 8 heteroatoms. The third kappa shape index (κ3) is 4.49. The minimum atomic E-state index is -3.67. The van der Waals surface area contributed by atoms with Gasteiger partial charge in [-0.05, 0) is 25.5 Å². The second-order valence-corrected chi connectivity index (χ2v) is 6.26. The fourth-order valence-corrected chi connectivity index (χ4v) is 2.36. The van der Waals surface area contributed by atoms with E-state index >= 15 is 0 Å². The smallest absolute Gasteiger partial charge is 0.288 e. The lowest BCUT2D eigenvalue weighted by Gasteiger charge is -2.09. The predicted octanol–water partition coefficient (Wildman–Crippen LogP) is 1.18. The number of hydrogen-bond acceptors (Lipinski definition) is 6. The van der Waals surface area contributed by atoms with Crippen LogP contribution in [0.2, 0.25) is 0 Å². The van der Waals surface area contributed by atoms with Gasteiger partial charge in [0.25, 0.3) is 5.69 Å². The molecule has 0 amide bonds. The zero-order valence-corrected chi connectivity index (χ0v) is 11.5. The zero-order valence-electron chi connectivity index (χ0n) is 10.7. The van der Waals surface area contributed by atoms with Gasteiger partial charge in [0.1, 0.15) is 4.90 Å². The number of nitro benzene ring substituents is 1. The molecule has 0 saturated heterocycles. The summed E-state index contributed by atoms with van der Waals surface area (Å²) in [5.41, 5.74) is 0.0234. The van der Waals surface area contributed by atoms with E-state index in [1.54, 1.807) is 6.92 Å². The van der Waals surface area contributed by atoms with Crippen LogP contribution in [0.4, 0.5) is 11.4 Å². The van der Waals surface area contributed by atoms with E-state index < -0.39 is 26.6 Å². The molecule has 0 aliphatic heterocycles. The van der Waals surface area contributed by atoms with Crippen LogP contribution in [-0.4, -0.2) is 37.4 Å². The van der Waals surface area contributed by atoms with Gasteiger partial charge in [-0.3, -0.25) is 10.1 Å².